The molecule has 1 unspecified atom stereocenters. The Labute approximate surface area is 108 Å². The molecule has 0 bridgehead atoms. The number of benzene rings is 1. The summed E-state index contributed by atoms with van der Waals surface area (Å²) in [5, 5.41) is -1.08. The maximum absolute atomic E-state index is 13.1. The Bertz CT molecular complexity index is 429. The molecular weight excluding hydrogens is 264 g/mol. The molecule has 1 atom stereocenters. The van der Waals surface area contributed by atoms with Crippen molar-refractivity contribution in [1.29, 1.82) is 0 Å². The Morgan fingerprint density at radius 2 is 1.78 bits per heavy atom. The highest BCUT2D eigenvalue weighted by Gasteiger charge is 2.26. The van der Waals surface area contributed by atoms with Crippen molar-refractivity contribution in [2.45, 2.75) is 5.38 Å². The topological polar surface area (TPSA) is 29.5 Å². The van der Waals surface area contributed by atoms with Crippen molar-refractivity contribution < 1.29 is 18.3 Å². The lowest BCUT2D eigenvalue weighted by Crippen LogP contribution is -2.42. The molecule has 0 aromatic heterocycles. The van der Waals surface area contributed by atoms with Gasteiger partial charge < -0.3 is 9.64 Å². The normalized spacial score (nSPS) is 17.6. The van der Waals surface area contributed by atoms with Crippen LogP contribution in [0.4, 0.5) is 8.78 Å². The third-order valence-electron chi connectivity index (χ3n) is 2.72. The number of rotatable bonds is 2. The fourth-order valence-corrected chi connectivity index (χ4v) is 2.07. The van der Waals surface area contributed by atoms with Gasteiger partial charge in [-0.3, -0.25) is 4.79 Å². The number of nitrogens with zero attached hydrogens (tertiary/aromatic N) is 1. The number of hydrogen-bond acceptors (Lipinski definition) is 2. The molecule has 1 amide bonds. The Balaban J connectivity index is 2.14. The molecule has 1 fully saturated rings. The highest BCUT2D eigenvalue weighted by Crippen LogP contribution is 2.25. The van der Waals surface area contributed by atoms with Crippen molar-refractivity contribution in [3.63, 3.8) is 0 Å². The molecule has 0 saturated carbocycles. The molecule has 1 saturated heterocycles. The van der Waals surface area contributed by atoms with E-state index in [-0.39, 0.29) is 11.5 Å². The number of amides is 1. The van der Waals surface area contributed by atoms with Gasteiger partial charge in [0.05, 0.1) is 13.2 Å². The summed E-state index contributed by atoms with van der Waals surface area (Å²) in [6.07, 6.45) is 0. The van der Waals surface area contributed by atoms with Crippen LogP contribution in [-0.4, -0.2) is 37.1 Å². The average Bonchev–Trinajstić information content (AvgIpc) is 2.37. The van der Waals surface area contributed by atoms with Crippen LogP contribution >= 0.6 is 11.6 Å². The Hall–Kier alpha value is -1.20. The van der Waals surface area contributed by atoms with Gasteiger partial charge in [0.2, 0.25) is 5.91 Å². The van der Waals surface area contributed by atoms with Gasteiger partial charge in [-0.05, 0) is 17.7 Å². The van der Waals surface area contributed by atoms with Crippen LogP contribution in [0.1, 0.15) is 10.9 Å². The maximum atomic E-state index is 13.1. The first kappa shape index (κ1) is 13.2. The minimum absolute atomic E-state index is 0.130. The van der Waals surface area contributed by atoms with Crippen LogP contribution in [0.2, 0.25) is 0 Å². The van der Waals surface area contributed by atoms with Gasteiger partial charge in [0.1, 0.15) is 17.0 Å². The van der Waals surface area contributed by atoms with Gasteiger partial charge in [0.25, 0.3) is 0 Å². The van der Waals surface area contributed by atoms with Gasteiger partial charge in [0, 0.05) is 19.2 Å². The summed E-state index contributed by atoms with van der Waals surface area (Å²) in [5.74, 6) is -1.85. The number of carbonyl (C=O) groups excluding carboxylic acids is 1. The molecule has 1 aromatic carbocycles. The molecule has 2 rings (SSSR count). The first-order chi connectivity index (χ1) is 8.58. The van der Waals surface area contributed by atoms with Gasteiger partial charge in [-0.25, -0.2) is 8.78 Å². The predicted molar refractivity (Wildman–Crippen MR) is 62.4 cm³/mol. The van der Waals surface area contributed by atoms with E-state index in [4.69, 9.17) is 16.3 Å². The van der Waals surface area contributed by atoms with E-state index in [0.717, 1.165) is 18.2 Å². The zero-order valence-corrected chi connectivity index (χ0v) is 10.3. The fourth-order valence-electron chi connectivity index (χ4n) is 1.81. The van der Waals surface area contributed by atoms with E-state index in [1.807, 2.05) is 0 Å². The zero-order valence-electron chi connectivity index (χ0n) is 9.54. The molecule has 18 heavy (non-hydrogen) atoms. The predicted octanol–water partition coefficient (Wildman–Crippen LogP) is 2.10. The van der Waals surface area contributed by atoms with Crippen molar-refractivity contribution >= 4 is 17.5 Å². The van der Waals surface area contributed by atoms with Crippen LogP contribution in [0.3, 0.4) is 0 Å². The summed E-state index contributed by atoms with van der Waals surface area (Å²) in [4.78, 5) is 13.5. The summed E-state index contributed by atoms with van der Waals surface area (Å²) < 4.78 is 31.2. The number of carbonyl (C=O) groups is 1. The quantitative estimate of drug-likeness (QED) is 0.774. The largest absolute Gasteiger partial charge is 0.378 e. The Morgan fingerprint density at radius 3 is 2.33 bits per heavy atom. The second kappa shape index (κ2) is 5.63. The van der Waals surface area contributed by atoms with E-state index >= 15 is 0 Å². The molecule has 0 radical (unpaired) electrons. The Morgan fingerprint density at radius 1 is 1.22 bits per heavy atom. The third-order valence-corrected chi connectivity index (χ3v) is 3.16. The average molecular weight is 276 g/mol. The fraction of sp³-hybridized carbons (Fsp3) is 0.417. The van der Waals surface area contributed by atoms with E-state index in [1.54, 1.807) is 0 Å². The van der Waals surface area contributed by atoms with Gasteiger partial charge in [-0.2, -0.15) is 0 Å². The lowest BCUT2D eigenvalue weighted by atomic mass is 10.1. The van der Waals surface area contributed by atoms with Crippen LogP contribution in [0.15, 0.2) is 18.2 Å². The summed E-state index contributed by atoms with van der Waals surface area (Å²) in [5.41, 5.74) is 0.130. The van der Waals surface area contributed by atoms with E-state index in [0.29, 0.717) is 26.3 Å². The zero-order chi connectivity index (χ0) is 13.1. The highest BCUT2D eigenvalue weighted by atomic mass is 35.5. The molecule has 1 aliphatic rings. The van der Waals surface area contributed by atoms with Crippen LogP contribution in [0.25, 0.3) is 0 Å². The lowest BCUT2D eigenvalue weighted by molar-refractivity contribution is -0.134. The molecule has 0 N–H and O–H groups in total. The van der Waals surface area contributed by atoms with E-state index in [2.05, 4.69) is 0 Å². The van der Waals surface area contributed by atoms with Crippen molar-refractivity contribution in [1.82, 2.24) is 4.90 Å². The van der Waals surface area contributed by atoms with Gasteiger partial charge in [-0.1, -0.05) is 0 Å². The van der Waals surface area contributed by atoms with Crippen molar-refractivity contribution in [3.8, 4) is 0 Å². The van der Waals surface area contributed by atoms with E-state index in [1.165, 1.54) is 4.90 Å². The number of ether oxygens (including phenoxy) is 1. The SMILES string of the molecule is O=C(C(Cl)c1cc(F)cc(F)c1)N1CCOCC1. The molecule has 1 aliphatic heterocycles. The third kappa shape index (κ3) is 2.97. The van der Waals surface area contributed by atoms with E-state index in [9.17, 15) is 13.6 Å². The molecular formula is C12H12ClF2NO2. The second-order valence-corrected chi connectivity index (χ2v) is 4.44. The van der Waals surface area contributed by atoms with Gasteiger partial charge in [-0.15, -0.1) is 11.6 Å². The minimum Gasteiger partial charge on any atom is -0.378 e. The van der Waals surface area contributed by atoms with Crippen molar-refractivity contribution in [2.24, 2.45) is 0 Å². The van der Waals surface area contributed by atoms with Gasteiger partial charge in [0.15, 0.2) is 0 Å². The number of morpholine rings is 1. The molecule has 1 heterocycles. The number of hydrogen-bond donors (Lipinski definition) is 0. The highest BCUT2D eigenvalue weighted by molar-refractivity contribution is 6.30. The standard InChI is InChI=1S/C12H12ClF2NO2/c13-11(8-5-9(14)7-10(15)6-8)12(17)16-1-3-18-4-2-16/h5-7,11H,1-4H2. The van der Waals surface area contributed by atoms with Crippen LogP contribution in [-0.2, 0) is 9.53 Å². The molecule has 1 aromatic rings. The monoisotopic (exact) mass is 275 g/mol. The van der Waals surface area contributed by atoms with Crippen LogP contribution in [0, 0.1) is 11.6 Å². The van der Waals surface area contributed by atoms with Crippen molar-refractivity contribution in [3.05, 3.63) is 35.4 Å². The van der Waals surface area contributed by atoms with Crippen LogP contribution < -0.4 is 0 Å². The molecule has 3 nitrogen and oxygen atoms in total. The molecule has 0 aliphatic carbocycles. The first-order valence-corrected chi connectivity index (χ1v) is 5.98. The van der Waals surface area contributed by atoms with Crippen LogP contribution in [0.5, 0.6) is 0 Å². The smallest absolute Gasteiger partial charge is 0.245 e. The molecule has 0 spiro atoms. The molecule has 98 valence electrons. The number of halogens is 3. The summed E-state index contributed by atoms with van der Waals surface area (Å²) >= 11 is 5.97. The van der Waals surface area contributed by atoms with Gasteiger partial charge >= 0.3 is 0 Å². The first-order valence-electron chi connectivity index (χ1n) is 5.54. The summed E-state index contributed by atoms with van der Waals surface area (Å²) in [6.45, 7) is 1.79. The minimum atomic E-state index is -1.08. The summed E-state index contributed by atoms with van der Waals surface area (Å²) in [6, 6.07) is 2.88. The molecule has 6 heteroatoms. The van der Waals surface area contributed by atoms with Crippen molar-refractivity contribution in [2.75, 3.05) is 26.3 Å². The Kier molecular flexibility index (Phi) is 4.14. The summed E-state index contributed by atoms with van der Waals surface area (Å²) in [7, 11) is 0. The van der Waals surface area contributed by atoms with E-state index < -0.39 is 17.0 Å². The number of alkyl halides is 1. The lowest BCUT2D eigenvalue weighted by Gasteiger charge is -2.28. The second-order valence-electron chi connectivity index (χ2n) is 4.00. The maximum Gasteiger partial charge on any atom is 0.245 e.